The Hall–Kier alpha value is -1.55. The van der Waals surface area contributed by atoms with Crippen LogP contribution in [0.1, 0.15) is 34.7 Å². The highest BCUT2D eigenvalue weighted by molar-refractivity contribution is 5.99. The van der Waals surface area contributed by atoms with E-state index >= 15 is 0 Å². The first-order chi connectivity index (χ1) is 9.34. The molecular weight excluding hydrogens is 240 g/mol. The van der Waals surface area contributed by atoms with Crippen molar-refractivity contribution in [3.8, 4) is 5.75 Å². The van der Waals surface area contributed by atoms with E-state index in [1.54, 1.807) is 0 Å². The zero-order valence-electron chi connectivity index (χ0n) is 10.9. The number of ether oxygens (including phenoxy) is 1. The average molecular weight is 258 g/mol. The molecule has 2 fully saturated rings. The quantitative estimate of drug-likeness (QED) is 0.827. The summed E-state index contributed by atoms with van der Waals surface area (Å²) in [6.45, 7) is 3.09. The van der Waals surface area contributed by atoms with Gasteiger partial charge in [0.25, 0.3) is 5.91 Å². The van der Waals surface area contributed by atoms with Gasteiger partial charge < -0.3 is 15.0 Å². The van der Waals surface area contributed by atoms with Gasteiger partial charge in [-0.1, -0.05) is 12.1 Å². The SMILES string of the molecule is O=C1c2c(cccc2C2CC2)OCC2CNCCN12. The third-order valence-electron chi connectivity index (χ3n) is 4.33. The maximum Gasteiger partial charge on any atom is 0.258 e. The predicted molar refractivity (Wildman–Crippen MR) is 71.6 cm³/mol. The van der Waals surface area contributed by atoms with Gasteiger partial charge in [-0.15, -0.1) is 0 Å². The van der Waals surface area contributed by atoms with Crippen LogP contribution in [0.15, 0.2) is 18.2 Å². The molecule has 2 heterocycles. The Labute approximate surface area is 112 Å². The third-order valence-corrected chi connectivity index (χ3v) is 4.33. The van der Waals surface area contributed by atoms with E-state index < -0.39 is 0 Å². The lowest BCUT2D eigenvalue weighted by atomic mass is 10.0. The van der Waals surface area contributed by atoms with Crippen molar-refractivity contribution in [2.24, 2.45) is 0 Å². The second kappa shape index (κ2) is 4.23. The monoisotopic (exact) mass is 258 g/mol. The van der Waals surface area contributed by atoms with E-state index in [-0.39, 0.29) is 11.9 Å². The zero-order valence-corrected chi connectivity index (χ0v) is 10.9. The van der Waals surface area contributed by atoms with Crippen LogP contribution >= 0.6 is 0 Å². The van der Waals surface area contributed by atoms with Gasteiger partial charge in [0.2, 0.25) is 0 Å². The number of rotatable bonds is 1. The van der Waals surface area contributed by atoms with Crippen LogP contribution in [0.2, 0.25) is 0 Å². The molecule has 0 bridgehead atoms. The third kappa shape index (κ3) is 1.82. The highest BCUT2D eigenvalue weighted by atomic mass is 16.5. The van der Waals surface area contributed by atoms with Crippen molar-refractivity contribution in [1.29, 1.82) is 0 Å². The van der Waals surface area contributed by atoms with Gasteiger partial charge in [-0.25, -0.2) is 0 Å². The maximum absolute atomic E-state index is 12.8. The minimum atomic E-state index is 0.167. The van der Waals surface area contributed by atoms with Gasteiger partial charge in [-0.3, -0.25) is 4.79 Å². The molecule has 1 amide bonds. The molecule has 1 aromatic carbocycles. The fourth-order valence-corrected chi connectivity index (χ4v) is 3.14. The first-order valence-corrected chi connectivity index (χ1v) is 7.12. The van der Waals surface area contributed by atoms with Crippen molar-refractivity contribution >= 4 is 5.91 Å². The number of carbonyl (C=O) groups is 1. The first-order valence-electron chi connectivity index (χ1n) is 7.12. The Kier molecular flexibility index (Phi) is 2.52. The van der Waals surface area contributed by atoms with Gasteiger partial charge in [0.05, 0.1) is 11.6 Å². The Morgan fingerprint density at radius 2 is 2.21 bits per heavy atom. The molecule has 0 aromatic heterocycles. The van der Waals surface area contributed by atoms with Crippen LogP contribution in [0.5, 0.6) is 5.75 Å². The van der Waals surface area contributed by atoms with Crippen molar-refractivity contribution in [2.75, 3.05) is 26.2 Å². The van der Waals surface area contributed by atoms with Crippen LogP contribution in [0.4, 0.5) is 0 Å². The molecule has 4 heteroatoms. The fourth-order valence-electron chi connectivity index (χ4n) is 3.14. The number of amides is 1. The molecule has 1 atom stereocenters. The summed E-state index contributed by atoms with van der Waals surface area (Å²) in [4.78, 5) is 14.8. The van der Waals surface area contributed by atoms with E-state index in [9.17, 15) is 4.79 Å². The number of carbonyl (C=O) groups excluding carboxylic acids is 1. The maximum atomic E-state index is 12.8. The molecule has 4 rings (SSSR count). The smallest absolute Gasteiger partial charge is 0.258 e. The van der Waals surface area contributed by atoms with Crippen molar-refractivity contribution in [1.82, 2.24) is 10.2 Å². The Balaban J connectivity index is 1.79. The summed E-state index contributed by atoms with van der Waals surface area (Å²) in [6.07, 6.45) is 2.41. The normalized spacial score (nSPS) is 26.2. The van der Waals surface area contributed by atoms with E-state index in [2.05, 4.69) is 11.4 Å². The molecule has 1 unspecified atom stereocenters. The Morgan fingerprint density at radius 1 is 1.32 bits per heavy atom. The Bertz CT molecular complexity index is 525. The first kappa shape index (κ1) is 11.3. The van der Waals surface area contributed by atoms with Crippen LogP contribution < -0.4 is 10.1 Å². The number of fused-ring (bicyclic) bond motifs is 2. The summed E-state index contributed by atoms with van der Waals surface area (Å²) < 4.78 is 5.90. The number of hydrogen-bond donors (Lipinski definition) is 1. The predicted octanol–water partition coefficient (Wildman–Crippen LogP) is 1.37. The highest BCUT2D eigenvalue weighted by Gasteiger charge is 2.37. The van der Waals surface area contributed by atoms with Crippen molar-refractivity contribution in [2.45, 2.75) is 24.8 Å². The second-order valence-electron chi connectivity index (χ2n) is 5.66. The van der Waals surface area contributed by atoms with Gasteiger partial charge in [-0.2, -0.15) is 0 Å². The molecule has 3 aliphatic rings. The van der Waals surface area contributed by atoms with Crippen LogP contribution in [0.3, 0.4) is 0 Å². The summed E-state index contributed by atoms with van der Waals surface area (Å²) in [7, 11) is 0. The van der Waals surface area contributed by atoms with Gasteiger partial charge in [0, 0.05) is 19.6 Å². The van der Waals surface area contributed by atoms with Gasteiger partial charge in [0.15, 0.2) is 0 Å². The minimum absolute atomic E-state index is 0.167. The summed E-state index contributed by atoms with van der Waals surface area (Å²) in [5.74, 6) is 1.52. The lowest BCUT2D eigenvalue weighted by Gasteiger charge is -2.34. The van der Waals surface area contributed by atoms with E-state index in [1.165, 1.54) is 18.4 Å². The molecule has 0 spiro atoms. The summed E-state index contributed by atoms with van der Waals surface area (Å²) in [5, 5.41) is 3.33. The van der Waals surface area contributed by atoms with Crippen molar-refractivity contribution < 1.29 is 9.53 Å². The van der Waals surface area contributed by atoms with E-state index in [0.717, 1.165) is 30.9 Å². The molecule has 0 radical (unpaired) electrons. The van der Waals surface area contributed by atoms with Gasteiger partial charge >= 0.3 is 0 Å². The number of piperazine rings is 1. The minimum Gasteiger partial charge on any atom is -0.491 e. The van der Waals surface area contributed by atoms with Crippen LogP contribution in [0, 0.1) is 0 Å². The number of benzene rings is 1. The van der Waals surface area contributed by atoms with E-state index in [4.69, 9.17) is 4.74 Å². The van der Waals surface area contributed by atoms with Gasteiger partial charge in [-0.05, 0) is 30.4 Å². The van der Waals surface area contributed by atoms with E-state index in [0.29, 0.717) is 12.5 Å². The molecule has 4 nitrogen and oxygen atoms in total. The topological polar surface area (TPSA) is 41.6 Å². The largest absolute Gasteiger partial charge is 0.491 e. The summed E-state index contributed by atoms with van der Waals surface area (Å²) in [5.41, 5.74) is 2.02. The van der Waals surface area contributed by atoms with Crippen LogP contribution in [-0.4, -0.2) is 43.1 Å². The lowest BCUT2D eigenvalue weighted by molar-refractivity contribution is 0.0605. The summed E-state index contributed by atoms with van der Waals surface area (Å²) >= 11 is 0. The molecule has 1 N–H and O–H groups in total. The molecule has 1 aromatic rings. The number of hydrogen-bond acceptors (Lipinski definition) is 3. The van der Waals surface area contributed by atoms with Crippen molar-refractivity contribution in [3.05, 3.63) is 29.3 Å². The summed E-state index contributed by atoms with van der Waals surface area (Å²) in [6, 6.07) is 6.22. The zero-order chi connectivity index (χ0) is 12.8. The molecule has 1 saturated heterocycles. The molecule has 2 aliphatic heterocycles. The van der Waals surface area contributed by atoms with E-state index in [1.807, 2.05) is 17.0 Å². The van der Waals surface area contributed by atoms with Crippen LogP contribution in [-0.2, 0) is 0 Å². The lowest BCUT2D eigenvalue weighted by Crippen LogP contribution is -2.54. The standard InChI is InChI=1S/C15H18N2O2/c18-15-14-12(10-4-5-10)2-1-3-13(14)19-9-11-8-16-6-7-17(11)15/h1-3,10-11,16H,4-9H2. The molecular formula is C15H18N2O2. The number of nitrogens with one attached hydrogen (secondary N) is 1. The van der Waals surface area contributed by atoms with Crippen LogP contribution in [0.25, 0.3) is 0 Å². The average Bonchev–Trinajstić information content (AvgIpc) is 3.28. The second-order valence-corrected chi connectivity index (χ2v) is 5.66. The molecule has 1 saturated carbocycles. The molecule has 1 aliphatic carbocycles. The number of nitrogens with zero attached hydrogens (tertiary/aromatic N) is 1. The Morgan fingerprint density at radius 3 is 3.05 bits per heavy atom. The molecule has 100 valence electrons. The highest BCUT2D eigenvalue weighted by Crippen LogP contribution is 2.44. The van der Waals surface area contributed by atoms with Gasteiger partial charge in [0.1, 0.15) is 12.4 Å². The fraction of sp³-hybridized carbons (Fsp3) is 0.533. The molecule has 19 heavy (non-hydrogen) atoms. The van der Waals surface area contributed by atoms with Crippen molar-refractivity contribution in [3.63, 3.8) is 0 Å².